The third-order valence-electron chi connectivity index (χ3n) is 8.37. The van der Waals surface area contributed by atoms with E-state index in [1.165, 1.54) is 11.1 Å². The van der Waals surface area contributed by atoms with Gasteiger partial charge in [-0.25, -0.2) is 15.0 Å². The van der Waals surface area contributed by atoms with E-state index < -0.39 is 0 Å². The Balaban J connectivity index is 1.26. The smallest absolute Gasteiger partial charge is 0.160 e. The Labute approximate surface area is 269 Å². The van der Waals surface area contributed by atoms with Gasteiger partial charge in [-0.1, -0.05) is 121 Å². The lowest BCUT2D eigenvalue weighted by Crippen LogP contribution is -1.96. The summed E-state index contributed by atoms with van der Waals surface area (Å²) in [6.45, 7) is 0. The van der Waals surface area contributed by atoms with E-state index in [9.17, 15) is 0 Å². The zero-order chi connectivity index (χ0) is 30.5. The fourth-order valence-corrected chi connectivity index (χ4v) is 7.16. The predicted molar refractivity (Wildman–Crippen MR) is 190 cm³/mol. The second-order valence-electron chi connectivity index (χ2n) is 11.2. The van der Waals surface area contributed by atoms with Gasteiger partial charge in [-0.2, -0.15) is 0 Å². The fraction of sp³-hybridized carbons (Fsp3) is 0. The standard InChI is InChI=1S/C41H25N3OS/c1-3-11-26(12-4-1)27-21-23-28(24-22-27)33-25-34(43-40(42-33)29-13-5-2-6-14-29)30-15-9-18-35-38(30)39-31(16-10-19-36(39)45-35)41-44-32-17-7-8-20-37(32)46-41/h1-25H. The minimum Gasteiger partial charge on any atom is -0.456 e. The zero-order valence-corrected chi connectivity index (χ0v) is 25.4. The maximum Gasteiger partial charge on any atom is 0.160 e. The van der Waals surface area contributed by atoms with Crippen molar-refractivity contribution in [1.29, 1.82) is 0 Å². The summed E-state index contributed by atoms with van der Waals surface area (Å²) < 4.78 is 7.63. The fourth-order valence-electron chi connectivity index (χ4n) is 6.16. The molecule has 0 aliphatic carbocycles. The van der Waals surface area contributed by atoms with Crippen LogP contribution in [0.3, 0.4) is 0 Å². The highest BCUT2D eigenvalue weighted by Gasteiger charge is 2.20. The van der Waals surface area contributed by atoms with Gasteiger partial charge in [0.25, 0.3) is 0 Å². The Kier molecular flexibility index (Phi) is 6.28. The van der Waals surface area contributed by atoms with Gasteiger partial charge in [0, 0.05) is 33.0 Å². The molecule has 5 heteroatoms. The van der Waals surface area contributed by atoms with Crippen LogP contribution in [0.4, 0.5) is 0 Å². The lowest BCUT2D eigenvalue weighted by atomic mass is 9.98. The molecule has 0 spiro atoms. The van der Waals surface area contributed by atoms with Gasteiger partial charge in [0.1, 0.15) is 16.2 Å². The van der Waals surface area contributed by atoms with E-state index in [2.05, 4.69) is 97.1 Å². The van der Waals surface area contributed by atoms with Gasteiger partial charge in [-0.3, -0.25) is 0 Å². The summed E-state index contributed by atoms with van der Waals surface area (Å²) in [5.41, 5.74) is 10.7. The second kappa shape index (κ2) is 10.9. The molecule has 0 saturated carbocycles. The first-order chi connectivity index (χ1) is 22.8. The van der Waals surface area contributed by atoms with Crippen molar-refractivity contribution < 1.29 is 4.42 Å². The molecule has 4 nitrogen and oxygen atoms in total. The molecule has 0 amide bonds. The number of fused-ring (bicyclic) bond motifs is 4. The van der Waals surface area contributed by atoms with Gasteiger partial charge in [0.2, 0.25) is 0 Å². The van der Waals surface area contributed by atoms with Crippen LogP contribution in [0, 0.1) is 0 Å². The molecule has 0 aliphatic heterocycles. The largest absolute Gasteiger partial charge is 0.456 e. The van der Waals surface area contributed by atoms with Crippen molar-refractivity contribution in [2.45, 2.75) is 0 Å². The number of aromatic nitrogens is 3. The summed E-state index contributed by atoms with van der Waals surface area (Å²) in [6.07, 6.45) is 0. The van der Waals surface area contributed by atoms with Gasteiger partial charge < -0.3 is 4.42 Å². The first kappa shape index (κ1) is 26.5. The molecule has 0 fully saturated rings. The second-order valence-corrected chi connectivity index (χ2v) is 12.2. The maximum atomic E-state index is 6.47. The van der Waals surface area contributed by atoms with E-state index in [-0.39, 0.29) is 0 Å². The summed E-state index contributed by atoms with van der Waals surface area (Å²) in [5.74, 6) is 0.677. The third kappa shape index (κ3) is 4.57. The van der Waals surface area contributed by atoms with Crippen molar-refractivity contribution in [3.8, 4) is 55.6 Å². The molecule has 0 bridgehead atoms. The lowest BCUT2D eigenvalue weighted by molar-refractivity contribution is 0.669. The van der Waals surface area contributed by atoms with Crippen molar-refractivity contribution in [3.63, 3.8) is 0 Å². The molecule has 3 aromatic heterocycles. The van der Waals surface area contributed by atoms with Crippen molar-refractivity contribution in [2.75, 3.05) is 0 Å². The van der Waals surface area contributed by atoms with Gasteiger partial charge in [-0.15, -0.1) is 11.3 Å². The van der Waals surface area contributed by atoms with Crippen molar-refractivity contribution in [3.05, 3.63) is 152 Å². The van der Waals surface area contributed by atoms with Crippen LogP contribution in [0.5, 0.6) is 0 Å². The number of hydrogen-bond donors (Lipinski definition) is 0. The average Bonchev–Trinajstić information content (AvgIpc) is 3.74. The number of furan rings is 1. The summed E-state index contributed by atoms with van der Waals surface area (Å²) in [6, 6.07) is 52.0. The summed E-state index contributed by atoms with van der Waals surface area (Å²) in [5, 5.41) is 3.03. The molecule has 46 heavy (non-hydrogen) atoms. The van der Waals surface area contributed by atoms with Crippen LogP contribution >= 0.6 is 11.3 Å². The topological polar surface area (TPSA) is 51.8 Å². The number of thiazole rings is 1. The SMILES string of the molecule is c1ccc(-c2ccc(-c3cc(-c4cccc5oc6cccc(-c7nc8ccccc8s7)c6c45)nc(-c4ccccc4)n3)cc2)cc1. The monoisotopic (exact) mass is 607 g/mol. The van der Waals surface area contributed by atoms with E-state index in [1.54, 1.807) is 11.3 Å². The van der Waals surface area contributed by atoms with E-state index in [0.717, 1.165) is 70.8 Å². The van der Waals surface area contributed by atoms with E-state index in [0.29, 0.717) is 5.82 Å². The van der Waals surface area contributed by atoms with Crippen molar-refractivity contribution >= 4 is 43.5 Å². The van der Waals surface area contributed by atoms with Crippen LogP contribution < -0.4 is 0 Å². The highest BCUT2D eigenvalue weighted by atomic mass is 32.1. The Morgan fingerprint density at radius 1 is 0.435 bits per heavy atom. The molecule has 6 aromatic carbocycles. The van der Waals surface area contributed by atoms with E-state index in [1.807, 2.05) is 54.6 Å². The first-order valence-corrected chi connectivity index (χ1v) is 16.0. The molecular formula is C41H25N3OS. The molecular weight excluding hydrogens is 583 g/mol. The number of rotatable bonds is 5. The molecule has 0 saturated heterocycles. The minimum absolute atomic E-state index is 0.677. The van der Waals surface area contributed by atoms with Crippen molar-refractivity contribution in [1.82, 2.24) is 15.0 Å². The van der Waals surface area contributed by atoms with E-state index >= 15 is 0 Å². The molecule has 9 aromatic rings. The molecule has 0 aliphatic rings. The number of para-hydroxylation sites is 1. The van der Waals surface area contributed by atoms with Gasteiger partial charge in [-0.05, 0) is 41.5 Å². The number of nitrogens with zero attached hydrogens (tertiary/aromatic N) is 3. The zero-order valence-electron chi connectivity index (χ0n) is 24.6. The number of hydrogen-bond acceptors (Lipinski definition) is 5. The minimum atomic E-state index is 0.677. The highest BCUT2D eigenvalue weighted by Crippen LogP contribution is 2.43. The van der Waals surface area contributed by atoms with Crippen LogP contribution in [-0.2, 0) is 0 Å². The quantitative estimate of drug-likeness (QED) is 0.195. The highest BCUT2D eigenvalue weighted by molar-refractivity contribution is 7.21. The van der Waals surface area contributed by atoms with E-state index in [4.69, 9.17) is 19.4 Å². The summed E-state index contributed by atoms with van der Waals surface area (Å²) >= 11 is 1.70. The Morgan fingerprint density at radius 2 is 1.02 bits per heavy atom. The molecule has 216 valence electrons. The maximum absolute atomic E-state index is 6.47. The average molecular weight is 608 g/mol. The number of benzene rings is 6. The van der Waals surface area contributed by atoms with Gasteiger partial charge in [0.05, 0.1) is 21.6 Å². The van der Waals surface area contributed by atoms with Crippen LogP contribution in [0.2, 0.25) is 0 Å². The van der Waals surface area contributed by atoms with Crippen molar-refractivity contribution in [2.24, 2.45) is 0 Å². The molecule has 0 atom stereocenters. The summed E-state index contributed by atoms with van der Waals surface area (Å²) in [7, 11) is 0. The first-order valence-electron chi connectivity index (χ1n) is 15.2. The Bertz CT molecular complexity index is 2480. The summed E-state index contributed by atoms with van der Waals surface area (Å²) in [4.78, 5) is 15.3. The van der Waals surface area contributed by atoms with Gasteiger partial charge >= 0.3 is 0 Å². The lowest BCUT2D eigenvalue weighted by Gasteiger charge is -2.11. The van der Waals surface area contributed by atoms with Crippen LogP contribution in [-0.4, -0.2) is 15.0 Å². The van der Waals surface area contributed by atoms with Crippen LogP contribution in [0.25, 0.3) is 87.8 Å². The molecule has 0 N–H and O–H groups in total. The molecule has 0 unspecified atom stereocenters. The van der Waals surface area contributed by atoms with Crippen LogP contribution in [0.1, 0.15) is 0 Å². The third-order valence-corrected chi connectivity index (χ3v) is 9.44. The Hall–Kier alpha value is -5.91. The molecule has 9 rings (SSSR count). The predicted octanol–water partition coefficient (Wildman–Crippen LogP) is 11.3. The normalized spacial score (nSPS) is 11.5. The molecule has 3 heterocycles. The van der Waals surface area contributed by atoms with Crippen LogP contribution in [0.15, 0.2) is 156 Å². The van der Waals surface area contributed by atoms with Gasteiger partial charge in [0.15, 0.2) is 5.82 Å². The Morgan fingerprint density at radius 3 is 1.76 bits per heavy atom. The molecule has 0 radical (unpaired) electrons.